The number of aliphatic hydroxyl groups excluding tert-OH is 3. The molecule has 4 N–H and O–H groups in total. The first-order valence-electron chi connectivity index (χ1n) is 23.3. The second-order valence-electron chi connectivity index (χ2n) is 15.9. The third-order valence-corrected chi connectivity index (χ3v) is 10.4. The van der Waals surface area contributed by atoms with Gasteiger partial charge < -0.3 is 39.4 Å². The summed E-state index contributed by atoms with van der Waals surface area (Å²) in [7, 11) is 0. The molecule has 344 valence electrons. The second-order valence-corrected chi connectivity index (χ2v) is 15.9. The summed E-state index contributed by atoms with van der Waals surface area (Å²) in [5.41, 5.74) is 0. The minimum Gasteiger partial charge on any atom is -0.479 e. The maximum Gasteiger partial charge on any atom is 0.335 e. The maximum absolute atomic E-state index is 12.8. The first-order valence-corrected chi connectivity index (χ1v) is 23.3. The molecule has 1 aliphatic heterocycles. The van der Waals surface area contributed by atoms with Gasteiger partial charge in [-0.15, -0.1) is 0 Å². The normalized spacial score (nSPS) is 20.3. The van der Waals surface area contributed by atoms with Crippen LogP contribution in [0.25, 0.3) is 0 Å². The van der Waals surface area contributed by atoms with E-state index in [1.165, 1.54) is 57.8 Å². The quantitative estimate of drug-likeness (QED) is 0.0265. The van der Waals surface area contributed by atoms with E-state index in [9.17, 15) is 34.8 Å². The van der Waals surface area contributed by atoms with Gasteiger partial charge in [0.25, 0.3) is 0 Å². The topological polar surface area (TPSA) is 169 Å². The molecule has 0 bridgehead atoms. The van der Waals surface area contributed by atoms with E-state index in [0.717, 1.165) is 83.5 Å². The maximum atomic E-state index is 12.8. The van der Waals surface area contributed by atoms with Gasteiger partial charge in [0, 0.05) is 12.8 Å². The number of allylic oxidation sites excluding steroid dienone is 10. The zero-order chi connectivity index (χ0) is 43.9. The molecule has 1 fully saturated rings. The number of hydrogen-bond donors (Lipinski definition) is 4. The van der Waals surface area contributed by atoms with E-state index in [4.69, 9.17) is 18.9 Å². The van der Waals surface area contributed by atoms with Crippen molar-refractivity contribution in [2.24, 2.45) is 0 Å². The zero-order valence-electron chi connectivity index (χ0n) is 37.2. The summed E-state index contributed by atoms with van der Waals surface area (Å²) in [5.74, 6) is -2.48. The van der Waals surface area contributed by atoms with Crippen LogP contribution in [0.2, 0.25) is 0 Å². The first-order chi connectivity index (χ1) is 29.2. The van der Waals surface area contributed by atoms with E-state index < -0.39 is 61.3 Å². The summed E-state index contributed by atoms with van der Waals surface area (Å²) < 4.78 is 21.7. The Kier molecular flexibility index (Phi) is 35.5. The van der Waals surface area contributed by atoms with E-state index in [2.05, 4.69) is 74.6 Å². The molecule has 11 nitrogen and oxygen atoms in total. The largest absolute Gasteiger partial charge is 0.479 e. The molecule has 0 aliphatic carbocycles. The molecule has 1 saturated heterocycles. The minimum atomic E-state index is -1.87. The number of ether oxygens (including phenoxy) is 4. The average Bonchev–Trinajstić information content (AvgIpc) is 3.23. The summed E-state index contributed by atoms with van der Waals surface area (Å²) in [6.07, 6.45) is 38.4. The van der Waals surface area contributed by atoms with Gasteiger partial charge in [0.2, 0.25) is 0 Å². The van der Waals surface area contributed by atoms with Gasteiger partial charge in [-0.05, 0) is 77.0 Å². The molecule has 0 aromatic carbocycles. The van der Waals surface area contributed by atoms with Gasteiger partial charge in [0.05, 0.1) is 6.61 Å². The van der Waals surface area contributed by atoms with Gasteiger partial charge in [0.15, 0.2) is 18.5 Å². The second kappa shape index (κ2) is 38.8. The van der Waals surface area contributed by atoms with Crippen LogP contribution < -0.4 is 0 Å². The van der Waals surface area contributed by atoms with Gasteiger partial charge in [-0.25, -0.2) is 4.79 Å². The van der Waals surface area contributed by atoms with E-state index in [1.807, 2.05) is 0 Å². The number of carbonyl (C=O) groups excluding carboxylic acids is 2. The van der Waals surface area contributed by atoms with Crippen molar-refractivity contribution >= 4 is 17.9 Å². The molecule has 0 amide bonds. The molecule has 60 heavy (non-hydrogen) atoms. The van der Waals surface area contributed by atoms with Crippen LogP contribution in [0.1, 0.15) is 181 Å². The summed E-state index contributed by atoms with van der Waals surface area (Å²) in [5, 5.41) is 39.8. The third kappa shape index (κ3) is 30.0. The fourth-order valence-electron chi connectivity index (χ4n) is 6.69. The predicted octanol–water partition coefficient (Wildman–Crippen LogP) is 10.3. The Hall–Kier alpha value is -3.09. The van der Waals surface area contributed by atoms with Crippen LogP contribution in [-0.4, -0.2) is 88.4 Å². The molecule has 0 radical (unpaired) electrons. The van der Waals surface area contributed by atoms with Gasteiger partial charge in [-0.2, -0.15) is 0 Å². The monoisotopic (exact) mass is 847 g/mol. The Labute approximate surface area is 362 Å². The Morgan fingerprint density at radius 2 is 0.983 bits per heavy atom. The van der Waals surface area contributed by atoms with Crippen LogP contribution in [0.4, 0.5) is 0 Å². The highest BCUT2D eigenvalue weighted by Crippen LogP contribution is 2.23. The molecule has 0 aromatic rings. The van der Waals surface area contributed by atoms with E-state index in [1.54, 1.807) is 0 Å². The molecule has 6 atom stereocenters. The van der Waals surface area contributed by atoms with E-state index in [0.29, 0.717) is 12.8 Å². The highest BCUT2D eigenvalue weighted by molar-refractivity contribution is 5.73. The van der Waals surface area contributed by atoms with Crippen LogP contribution in [-0.2, 0) is 33.3 Å². The van der Waals surface area contributed by atoms with Crippen molar-refractivity contribution in [2.45, 2.75) is 218 Å². The molecule has 1 heterocycles. The summed E-state index contributed by atoms with van der Waals surface area (Å²) in [6.45, 7) is 3.66. The molecule has 0 saturated carbocycles. The summed E-state index contributed by atoms with van der Waals surface area (Å²) >= 11 is 0. The molecular formula is C49H82O11. The molecular weight excluding hydrogens is 765 g/mol. The van der Waals surface area contributed by atoms with Gasteiger partial charge in [0.1, 0.15) is 24.9 Å². The van der Waals surface area contributed by atoms with Gasteiger partial charge in [-0.3, -0.25) is 9.59 Å². The van der Waals surface area contributed by atoms with Gasteiger partial charge >= 0.3 is 17.9 Å². The highest BCUT2D eigenvalue weighted by Gasteiger charge is 2.47. The first kappa shape index (κ1) is 54.9. The lowest BCUT2D eigenvalue weighted by atomic mass is 9.99. The SMILES string of the molecule is CC/C=C\C/C=C\C/C=C\CCCCCCCC(=O)OCC(COC1OC(C(=O)O)C(O)C(O)C1O)OC(=O)CCCCCCCCCCC/C=C\C/C=C\CCCCC. The lowest BCUT2D eigenvalue weighted by molar-refractivity contribution is -0.298. The number of rotatable bonds is 38. The standard InChI is InChI=1S/C49H82O11/c1-3-5-7-9-11-13-15-17-19-20-21-22-24-26-28-30-32-34-36-38-43(51)59-41(40-58-49-46(54)44(52)45(53)47(60-49)48(55)56)39-57-42(50)37-35-33-31-29-27-25-23-18-16-14-12-10-8-6-4-2/h6,8,11-14,17-19,23,41,44-47,49,52-54H,3-5,7,9-10,15-16,20-22,24-40H2,1-2H3,(H,55,56)/b8-6-,13-11-,14-12-,19-17-,23-18-. The molecule has 6 unspecified atom stereocenters. The number of aliphatic hydroxyl groups is 3. The lowest BCUT2D eigenvalue weighted by Gasteiger charge is -2.38. The molecule has 1 aliphatic rings. The predicted molar refractivity (Wildman–Crippen MR) is 238 cm³/mol. The highest BCUT2D eigenvalue weighted by atomic mass is 16.7. The zero-order valence-corrected chi connectivity index (χ0v) is 37.2. The Morgan fingerprint density at radius 1 is 0.533 bits per heavy atom. The van der Waals surface area contributed by atoms with Crippen molar-refractivity contribution in [2.75, 3.05) is 13.2 Å². The molecule has 11 heteroatoms. The van der Waals surface area contributed by atoms with Crippen molar-refractivity contribution < 1.29 is 53.8 Å². The number of carboxylic acid groups (broad SMARTS) is 1. The smallest absolute Gasteiger partial charge is 0.335 e. The number of aliphatic carboxylic acids is 1. The number of unbranched alkanes of at least 4 members (excludes halogenated alkanes) is 17. The van der Waals surface area contributed by atoms with Crippen LogP contribution in [0.5, 0.6) is 0 Å². The summed E-state index contributed by atoms with van der Waals surface area (Å²) in [6, 6.07) is 0. The summed E-state index contributed by atoms with van der Waals surface area (Å²) in [4.78, 5) is 36.9. The number of carbonyl (C=O) groups is 3. The molecule has 1 rings (SSSR count). The lowest BCUT2D eigenvalue weighted by Crippen LogP contribution is -2.60. The number of carboxylic acids is 1. The minimum absolute atomic E-state index is 0.172. The van der Waals surface area contributed by atoms with Crippen molar-refractivity contribution in [1.29, 1.82) is 0 Å². The fourth-order valence-corrected chi connectivity index (χ4v) is 6.69. The van der Waals surface area contributed by atoms with Crippen molar-refractivity contribution in [1.82, 2.24) is 0 Å². The van der Waals surface area contributed by atoms with Crippen LogP contribution >= 0.6 is 0 Å². The molecule has 0 aromatic heterocycles. The number of hydrogen-bond acceptors (Lipinski definition) is 10. The molecule has 0 spiro atoms. The van der Waals surface area contributed by atoms with E-state index >= 15 is 0 Å². The fraction of sp³-hybridized carbons (Fsp3) is 0.735. The van der Waals surface area contributed by atoms with Crippen molar-refractivity contribution in [3.63, 3.8) is 0 Å². The van der Waals surface area contributed by atoms with Crippen molar-refractivity contribution in [3.8, 4) is 0 Å². The number of esters is 2. The van der Waals surface area contributed by atoms with Crippen molar-refractivity contribution in [3.05, 3.63) is 60.8 Å². The van der Waals surface area contributed by atoms with Crippen LogP contribution in [0.15, 0.2) is 60.8 Å². The Morgan fingerprint density at radius 3 is 1.48 bits per heavy atom. The van der Waals surface area contributed by atoms with Crippen LogP contribution in [0, 0.1) is 0 Å². The Balaban J connectivity index is 2.36. The van der Waals surface area contributed by atoms with E-state index in [-0.39, 0.29) is 19.4 Å². The van der Waals surface area contributed by atoms with Gasteiger partial charge in [-0.1, -0.05) is 152 Å². The third-order valence-electron chi connectivity index (χ3n) is 10.4. The average molecular weight is 847 g/mol. The Bertz CT molecular complexity index is 1230. The van der Waals surface area contributed by atoms with Crippen LogP contribution in [0.3, 0.4) is 0 Å².